The lowest BCUT2D eigenvalue weighted by Gasteiger charge is -2.23. The highest BCUT2D eigenvalue weighted by Gasteiger charge is 2.21. The number of hydrogen-bond acceptors (Lipinski definition) is 7. The van der Waals surface area contributed by atoms with Crippen LogP contribution >= 0.6 is 0 Å². The number of halogens is 1. The monoisotopic (exact) mass is 527 g/mol. The van der Waals surface area contributed by atoms with E-state index in [2.05, 4.69) is 25.6 Å². The third-order valence-corrected chi connectivity index (χ3v) is 6.89. The van der Waals surface area contributed by atoms with Crippen LogP contribution in [0.1, 0.15) is 53.9 Å². The Hall–Kier alpha value is -4.53. The summed E-state index contributed by atoms with van der Waals surface area (Å²) < 4.78 is 27.0. The smallest absolute Gasteiger partial charge is 0.258 e. The number of carbonyl (C=O) groups is 1. The zero-order valence-electron chi connectivity index (χ0n) is 21.9. The molecular formula is C30H30FN5O3. The van der Waals surface area contributed by atoms with Crippen molar-refractivity contribution in [2.75, 3.05) is 24.8 Å². The summed E-state index contributed by atoms with van der Waals surface area (Å²) in [6.45, 7) is 0. The highest BCUT2D eigenvalue weighted by atomic mass is 19.1. The standard InChI is InChI=1S/C30H30FN5O3/c1-32-30-34-17-15-23(36-30)21-11-7-16-33-29(21)39-26-12-6-10-22(27(26)31)28(37)35-24-18-20(13-14-25(24)38-2)19-8-4-3-5-9-19/h6-7,10-19H,3-5,8-9H2,1-2H3,(H,35,37)(H,32,34,36). The summed E-state index contributed by atoms with van der Waals surface area (Å²) >= 11 is 0. The lowest BCUT2D eigenvalue weighted by atomic mass is 9.84. The molecule has 8 nitrogen and oxygen atoms in total. The van der Waals surface area contributed by atoms with Gasteiger partial charge in [-0.2, -0.15) is 0 Å². The van der Waals surface area contributed by atoms with Gasteiger partial charge >= 0.3 is 0 Å². The molecule has 2 N–H and O–H groups in total. The average molecular weight is 528 g/mol. The predicted molar refractivity (Wildman–Crippen MR) is 148 cm³/mol. The Labute approximate surface area is 226 Å². The maximum absolute atomic E-state index is 15.6. The number of ether oxygens (including phenoxy) is 2. The van der Waals surface area contributed by atoms with Crippen molar-refractivity contribution in [1.82, 2.24) is 15.0 Å². The van der Waals surface area contributed by atoms with Crippen LogP contribution in [0.3, 0.4) is 0 Å². The van der Waals surface area contributed by atoms with Crippen molar-refractivity contribution in [3.63, 3.8) is 0 Å². The summed E-state index contributed by atoms with van der Waals surface area (Å²) in [5.41, 5.74) is 2.60. The number of carbonyl (C=O) groups excluding carboxylic acids is 1. The topological polar surface area (TPSA) is 98.3 Å². The first-order chi connectivity index (χ1) is 19.1. The van der Waals surface area contributed by atoms with Crippen molar-refractivity contribution in [2.24, 2.45) is 0 Å². The zero-order chi connectivity index (χ0) is 27.2. The van der Waals surface area contributed by atoms with E-state index >= 15 is 4.39 Å². The lowest BCUT2D eigenvalue weighted by Crippen LogP contribution is -2.15. The molecular weight excluding hydrogens is 497 g/mol. The Bertz CT molecular complexity index is 1470. The number of rotatable bonds is 8. The first kappa shape index (κ1) is 26.1. The fourth-order valence-corrected chi connectivity index (χ4v) is 4.87. The Morgan fingerprint density at radius 1 is 0.974 bits per heavy atom. The zero-order valence-corrected chi connectivity index (χ0v) is 21.9. The van der Waals surface area contributed by atoms with E-state index in [-0.39, 0.29) is 17.2 Å². The number of aromatic nitrogens is 3. The van der Waals surface area contributed by atoms with Crippen molar-refractivity contribution in [2.45, 2.75) is 38.0 Å². The summed E-state index contributed by atoms with van der Waals surface area (Å²) in [7, 11) is 3.26. The Kier molecular flexibility index (Phi) is 7.96. The number of hydrogen-bond donors (Lipinski definition) is 2. The SMILES string of the molecule is CNc1nccc(-c2cccnc2Oc2cccc(C(=O)Nc3cc(C4CCCCC4)ccc3OC)c2F)n1. The Morgan fingerprint density at radius 3 is 2.62 bits per heavy atom. The van der Waals surface area contributed by atoms with Crippen molar-refractivity contribution < 1.29 is 18.7 Å². The molecule has 200 valence electrons. The third-order valence-electron chi connectivity index (χ3n) is 6.89. The van der Waals surface area contributed by atoms with Crippen molar-refractivity contribution in [3.8, 4) is 28.6 Å². The van der Waals surface area contributed by atoms with Crippen LogP contribution in [0.4, 0.5) is 16.0 Å². The van der Waals surface area contributed by atoms with Gasteiger partial charge in [-0.05, 0) is 66.8 Å². The molecule has 1 aliphatic carbocycles. The third kappa shape index (κ3) is 5.82. The Balaban J connectivity index is 1.40. The number of nitrogens with zero attached hydrogens (tertiary/aromatic N) is 3. The minimum Gasteiger partial charge on any atom is -0.495 e. The molecule has 0 unspecified atom stereocenters. The van der Waals surface area contributed by atoms with E-state index in [9.17, 15) is 4.79 Å². The van der Waals surface area contributed by atoms with Crippen LogP contribution in [0.5, 0.6) is 17.4 Å². The van der Waals surface area contributed by atoms with Crippen LogP contribution in [0.2, 0.25) is 0 Å². The average Bonchev–Trinajstić information content (AvgIpc) is 2.99. The second-order valence-corrected chi connectivity index (χ2v) is 9.34. The van der Waals surface area contributed by atoms with Gasteiger partial charge in [0.1, 0.15) is 5.75 Å². The van der Waals surface area contributed by atoms with Crippen molar-refractivity contribution in [1.29, 1.82) is 0 Å². The van der Waals surface area contributed by atoms with E-state index in [0.717, 1.165) is 18.4 Å². The molecule has 2 aromatic heterocycles. The van der Waals surface area contributed by atoms with E-state index < -0.39 is 11.7 Å². The summed E-state index contributed by atoms with van der Waals surface area (Å²) in [4.78, 5) is 26.1. The summed E-state index contributed by atoms with van der Waals surface area (Å²) in [5, 5.41) is 5.73. The first-order valence-corrected chi connectivity index (χ1v) is 13.0. The second-order valence-electron chi connectivity index (χ2n) is 9.34. The molecule has 2 aromatic carbocycles. The molecule has 0 atom stereocenters. The summed E-state index contributed by atoms with van der Waals surface area (Å²) in [5.74, 6) is 0.000487. The fourth-order valence-electron chi connectivity index (χ4n) is 4.87. The largest absolute Gasteiger partial charge is 0.495 e. The van der Waals surface area contributed by atoms with Gasteiger partial charge in [-0.15, -0.1) is 0 Å². The van der Waals surface area contributed by atoms with Crippen molar-refractivity contribution in [3.05, 3.63) is 83.9 Å². The van der Waals surface area contributed by atoms with Gasteiger partial charge in [-0.1, -0.05) is 31.4 Å². The Morgan fingerprint density at radius 2 is 1.82 bits per heavy atom. The molecule has 9 heteroatoms. The summed E-state index contributed by atoms with van der Waals surface area (Å²) in [6, 6.07) is 15.5. The highest BCUT2D eigenvalue weighted by molar-refractivity contribution is 6.05. The van der Waals surface area contributed by atoms with Crippen LogP contribution < -0.4 is 20.1 Å². The van der Waals surface area contributed by atoms with E-state index in [4.69, 9.17) is 9.47 Å². The molecule has 1 fully saturated rings. The maximum Gasteiger partial charge on any atom is 0.258 e. The lowest BCUT2D eigenvalue weighted by molar-refractivity contribution is 0.102. The number of benzene rings is 2. The van der Waals surface area contributed by atoms with E-state index in [1.807, 2.05) is 18.2 Å². The number of nitrogens with one attached hydrogen (secondary N) is 2. The van der Waals surface area contributed by atoms with E-state index in [1.165, 1.54) is 31.4 Å². The van der Waals surface area contributed by atoms with Crippen LogP contribution in [0, 0.1) is 5.82 Å². The van der Waals surface area contributed by atoms with Gasteiger partial charge in [0.2, 0.25) is 11.8 Å². The number of anilines is 2. The quantitative estimate of drug-likeness (QED) is 0.259. The normalized spacial score (nSPS) is 13.5. The molecule has 0 spiro atoms. The molecule has 4 aromatic rings. The van der Waals surface area contributed by atoms with Gasteiger partial charge < -0.3 is 20.1 Å². The van der Waals surface area contributed by atoms with Crippen LogP contribution in [0.25, 0.3) is 11.3 Å². The molecule has 1 aliphatic rings. The van der Waals surface area contributed by atoms with Gasteiger partial charge in [0, 0.05) is 19.4 Å². The second kappa shape index (κ2) is 11.9. The molecule has 2 heterocycles. The van der Waals surface area contributed by atoms with Gasteiger partial charge in [0.25, 0.3) is 5.91 Å². The van der Waals surface area contributed by atoms with Gasteiger partial charge in [-0.25, -0.2) is 19.3 Å². The van der Waals surface area contributed by atoms with E-state index in [1.54, 1.807) is 50.8 Å². The number of pyridine rings is 1. The first-order valence-electron chi connectivity index (χ1n) is 13.0. The van der Waals surface area contributed by atoms with Gasteiger partial charge in [0.15, 0.2) is 11.6 Å². The van der Waals surface area contributed by atoms with Crippen molar-refractivity contribution >= 4 is 17.5 Å². The molecule has 0 saturated heterocycles. The minimum atomic E-state index is -0.799. The van der Waals surface area contributed by atoms with Crippen LogP contribution in [0.15, 0.2) is 67.0 Å². The van der Waals surface area contributed by atoms with Crippen LogP contribution in [-0.4, -0.2) is 35.0 Å². The van der Waals surface area contributed by atoms with E-state index in [0.29, 0.717) is 34.6 Å². The molecule has 39 heavy (non-hydrogen) atoms. The fraction of sp³-hybridized carbons (Fsp3) is 0.267. The predicted octanol–water partition coefficient (Wildman–Crippen LogP) is 6.82. The minimum absolute atomic E-state index is 0.131. The summed E-state index contributed by atoms with van der Waals surface area (Å²) in [6.07, 6.45) is 9.03. The molecule has 1 saturated carbocycles. The highest BCUT2D eigenvalue weighted by Crippen LogP contribution is 2.37. The van der Waals surface area contributed by atoms with Gasteiger partial charge in [-0.3, -0.25) is 4.79 Å². The van der Waals surface area contributed by atoms with Crippen LogP contribution in [-0.2, 0) is 0 Å². The number of methoxy groups -OCH3 is 1. The maximum atomic E-state index is 15.6. The number of amides is 1. The molecule has 1 amide bonds. The molecule has 0 bridgehead atoms. The molecule has 0 aliphatic heterocycles. The molecule has 5 rings (SSSR count). The molecule has 0 radical (unpaired) electrons. The van der Waals surface area contributed by atoms with Gasteiger partial charge in [0.05, 0.1) is 29.6 Å².